The van der Waals surface area contributed by atoms with Gasteiger partial charge in [0.2, 0.25) is 5.91 Å². The fourth-order valence-electron chi connectivity index (χ4n) is 2.05. The van der Waals surface area contributed by atoms with Crippen molar-refractivity contribution in [3.63, 3.8) is 0 Å². The van der Waals surface area contributed by atoms with Gasteiger partial charge in [-0.3, -0.25) is 14.5 Å². The maximum atomic E-state index is 12.4. The molecule has 21 heavy (non-hydrogen) atoms. The van der Waals surface area contributed by atoms with E-state index < -0.39 is 5.97 Å². The third-order valence-electron chi connectivity index (χ3n) is 3.36. The van der Waals surface area contributed by atoms with Gasteiger partial charge >= 0.3 is 5.97 Å². The molecule has 0 fully saturated rings. The highest BCUT2D eigenvalue weighted by Crippen LogP contribution is 2.06. The summed E-state index contributed by atoms with van der Waals surface area (Å²) in [5, 5.41) is 8.91. The van der Waals surface area contributed by atoms with Gasteiger partial charge in [-0.2, -0.15) is 0 Å². The number of nitrogens with zero attached hydrogens (tertiary/aromatic N) is 2. The number of hydrogen-bond acceptors (Lipinski definition) is 3. The zero-order valence-corrected chi connectivity index (χ0v) is 13.0. The van der Waals surface area contributed by atoms with Crippen LogP contribution in [0.1, 0.15) is 26.3 Å². The summed E-state index contributed by atoms with van der Waals surface area (Å²) in [5.41, 5.74) is 1.07. The van der Waals surface area contributed by atoms with Crippen molar-refractivity contribution in [2.75, 3.05) is 19.6 Å². The third kappa shape index (κ3) is 5.95. The van der Waals surface area contributed by atoms with Crippen LogP contribution in [0.4, 0.5) is 0 Å². The minimum absolute atomic E-state index is 0.0143. The lowest BCUT2D eigenvalue weighted by molar-refractivity contribution is -0.140. The number of amides is 1. The van der Waals surface area contributed by atoms with Crippen LogP contribution in [-0.2, 0) is 16.1 Å². The molecule has 0 radical (unpaired) electrons. The van der Waals surface area contributed by atoms with Crippen LogP contribution < -0.4 is 0 Å². The molecule has 0 aliphatic heterocycles. The lowest BCUT2D eigenvalue weighted by atomic mass is 10.2. The Morgan fingerprint density at radius 1 is 1.14 bits per heavy atom. The summed E-state index contributed by atoms with van der Waals surface area (Å²) >= 11 is 0. The first-order chi connectivity index (χ1) is 9.93. The monoisotopic (exact) mass is 292 g/mol. The number of benzene rings is 1. The topological polar surface area (TPSA) is 60.9 Å². The standard InChI is InChI=1S/C16H24N2O3/c1-4-17(10-14-8-6-5-7-9-14)15(19)11-18(13(2)3)12-16(20)21/h5-9,13H,4,10-12H2,1-3H3,(H,20,21). The van der Waals surface area contributed by atoms with Gasteiger partial charge in [-0.05, 0) is 26.3 Å². The summed E-state index contributed by atoms with van der Waals surface area (Å²) in [7, 11) is 0. The molecule has 1 N–H and O–H groups in total. The Bertz CT molecular complexity index is 460. The van der Waals surface area contributed by atoms with Crippen LogP contribution in [-0.4, -0.2) is 52.5 Å². The number of carbonyl (C=O) groups is 2. The van der Waals surface area contributed by atoms with Gasteiger partial charge in [0.05, 0.1) is 13.1 Å². The normalized spacial score (nSPS) is 10.9. The molecule has 0 aliphatic carbocycles. The fraction of sp³-hybridized carbons (Fsp3) is 0.500. The van der Waals surface area contributed by atoms with Crippen molar-refractivity contribution in [1.29, 1.82) is 0 Å². The first-order valence-corrected chi connectivity index (χ1v) is 7.21. The average molecular weight is 292 g/mol. The highest BCUT2D eigenvalue weighted by atomic mass is 16.4. The van der Waals surface area contributed by atoms with Crippen molar-refractivity contribution in [1.82, 2.24) is 9.80 Å². The first kappa shape index (κ1) is 17.2. The number of likely N-dealkylation sites (N-methyl/N-ethyl adjacent to an activating group) is 1. The molecule has 1 amide bonds. The maximum Gasteiger partial charge on any atom is 0.317 e. The predicted molar refractivity (Wildman–Crippen MR) is 81.9 cm³/mol. The number of hydrogen-bond donors (Lipinski definition) is 1. The number of carboxylic acids is 1. The summed E-state index contributed by atoms with van der Waals surface area (Å²) in [6, 6.07) is 9.80. The molecule has 5 heteroatoms. The van der Waals surface area contributed by atoms with Crippen molar-refractivity contribution >= 4 is 11.9 Å². The van der Waals surface area contributed by atoms with E-state index in [9.17, 15) is 9.59 Å². The van der Waals surface area contributed by atoms with E-state index in [0.717, 1.165) is 5.56 Å². The second-order valence-corrected chi connectivity index (χ2v) is 5.29. The van der Waals surface area contributed by atoms with Crippen LogP contribution in [0.25, 0.3) is 0 Å². The van der Waals surface area contributed by atoms with Gasteiger partial charge in [0.1, 0.15) is 0 Å². The van der Waals surface area contributed by atoms with E-state index in [2.05, 4.69) is 0 Å². The molecule has 0 aliphatic rings. The molecule has 0 bridgehead atoms. The Morgan fingerprint density at radius 2 is 1.76 bits per heavy atom. The van der Waals surface area contributed by atoms with Crippen LogP contribution in [0.2, 0.25) is 0 Å². The van der Waals surface area contributed by atoms with Gasteiger partial charge < -0.3 is 10.0 Å². The van der Waals surface area contributed by atoms with Gasteiger partial charge in [0, 0.05) is 19.1 Å². The lowest BCUT2D eigenvalue weighted by Gasteiger charge is -2.28. The van der Waals surface area contributed by atoms with Crippen LogP contribution >= 0.6 is 0 Å². The van der Waals surface area contributed by atoms with Crippen LogP contribution in [0.5, 0.6) is 0 Å². The zero-order valence-electron chi connectivity index (χ0n) is 13.0. The van der Waals surface area contributed by atoms with Crippen molar-refractivity contribution in [2.45, 2.75) is 33.4 Å². The molecule has 0 saturated carbocycles. The molecule has 1 aromatic carbocycles. The van der Waals surface area contributed by atoms with Gasteiger partial charge in [-0.15, -0.1) is 0 Å². The summed E-state index contributed by atoms with van der Waals surface area (Å²) in [6.07, 6.45) is 0. The molecular formula is C16H24N2O3. The molecule has 0 heterocycles. The molecule has 116 valence electrons. The highest BCUT2D eigenvalue weighted by molar-refractivity contribution is 5.79. The second kappa shape index (κ2) is 8.42. The molecule has 5 nitrogen and oxygen atoms in total. The molecular weight excluding hydrogens is 268 g/mol. The largest absolute Gasteiger partial charge is 0.480 e. The fourth-order valence-corrected chi connectivity index (χ4v) is 2.05. The summed E-state index contributed by atoms with van der Waals surface area (Å²) in [6.45, 7) is 6.88. The van der Waals surface area contributed by atoms with Gasteiger partial charge in [-0.25, -0.2) is 0 Å². The minimum Gasteiger partial charge on any atom is -0.480 e. The van der Waals surface area contributed by atoms with E-state index >= 15 is 0 Å². The van der Waals surface area contributed by atoms with Gasteiger partial charge in [0.25, 0.3) is 0 Å². The molecule has 0 aromatic heterocycles. The number of carbonyl (C=O) groups excluding carboxylic acids is 1. The van der Waals surface area contributed by atoms with E-state index in [1.54, 1.807) is 9.80 Å². The quantitative estimate of drug-likeness (QED) is 0.794. The van der Waals surface area contributed by atoms with Gasteiger partial charge in [-0.1, -0.05) is 30.3 Å². The van der Waals surface area contributed by atoms with E-state index in [-0.39, 0.29) is 25.0 Å². The Labute approximate surface area is 126 Å². The summed E-state index contributed by atoms with van der Waals surface area (Å²) < 4.78 is 0. The Kier molecular flexibility index (Phi) is 6.88. The number of aliphatic carboxylic acids is 1. The van der Waals surface area contributed by atoms with Crippen LogP contribution in [0, 0.1) is 0 Å². The predicted octanol–water partition coefficient (Wildman–Crippen LogP) is 1.83. The Hall–Kier alpha value is -1.88. The molecule has 0 saturated heterocycles. The van der Waals surface area contributed by atoms with Crippen molar-refractivity contribution in [3.8, 4) is 0 Å². The van der Waals surface area contributed by atoms with Crippen molar-refractivity contribution < 1.29 is 14.7 Å². The lowest BCUT2D eigenvalue weighted by Crippen LogP contribution is -2.44. The number of rotatable bonds is 8. The molecule has 1 aromatic rings. The second-order valence-electron chi connectivity index (χ2n) is 5.29. The zero-order chi connectivity index (χ0) is 15.8. The smallest absolute Gasteiger partial charge is 0.317 e. The Morgan fingerprint density at radius 3 is 2.24 bits per heavy atom. The minimum atomic E-state index is -0.914. The van der Waals surface area contributed by atoms with Crippen molar-refractivity contribution in [2.24, 2.45) is 0 Å². The summed E-state index contributed by atoms with van der Waals surface area (Å²) in [5.74, 6) is -0.959. The van der Waals surface area contributed by atoms with Crippen LogP contribution in [0.3, 0.4) is 0 Å². The number of carboxylic acid groups (broad SMARTS) is 1. The van der Waals surface area contributed by atoms with E-state index in [1.807, 2.05) is 51.1 Å². The van der Waals surface area contributed by atoms with Gasteiger partial charge in [0.15, 0.2) is 0 Å². The summed E-state index contributed by atoms with van der Waals surface area (Å²) in [4.78, 5) is 26.6. The van der Waals surface area contributed by atoms with E-state index in [0.29, 0.717) is 13.1 Å². The van der Waals surface area contributed by atoms with E-state index in [1.165, 1.54) is 0 Å². The average Bonchev–Trinajstić information content (AvgIpc) is 2.44. The SMILES string of the molecule is CCN(Cc1ccccc1)C(=O)CN(CC(=O)O)C(C)C. The highest BCUT2D eigenvalue weighted by Gasteiger charge is 2.20. The van der Waals surface area contributed by atoms with E-state index in [4.69, 9.17) is 5.11 Å². The van der Waals surface area contributed by atoms with Crippen molar-refractivity contribution in [3.05, 3.63) is 35.9 Å². The molecule has 0 spiro atoms. The Balaban J connectivity index is 2.67. The maximum absolute atomic E-state index is 12.4. The van der Waals surface area contributed by atoms with Crippen LogP contribution in [0.15, 0.2) is 30.3 Å². The molecule has 0 atom stereocenters. The molecule has 1 rings (SSSR count). The first-order valence-electron chi connectivity index (χ1n) is 7.21. The third-order valence-corrected chi connectivity index (χ3v) is 3.36. The molecule has 0 unspecified atom stereocenters.